The van der Waals surface area contributed by atoms with Gasteiger partial charge in [-0.2, -0.15) is 0 Å². The Balaban J connectivity index is 1.23. The van der Waals surface area contributed by atoms with Gasteiger partial charge in [-0.1, -0.05) is 159 Å². The van der Waals surface area contributed by atoms with Crippen molar-refractivity contribution in [1.29, 1.82) is 0 Å². The van der Waals surface area contributed by atoms with Crippen LogP contribution in [-0.2, 0) is 0 Å². The minimum atomic E-state index is 0.129. The van der Waals surface area contributed by atoms with E-state index in [2.05, 4.69) is 173 Å². The second-order valence-electron chi connectivity index (χ2n) is 15.1. The molecule has 0 aliphatic heterocycles. The van der Waals surface area contributed by atoms with E-state index in [9.17, 15) is 0 Å². The van der Waals surface area contributed by atoms with Crippen molar-refractivity contribution >= 4 is 92.8 Å². The van der Waals surface area contributed by atoms with Gasteiger partial charge in [-0.15, -0.1) is 11.3 Å². The van der Waals surface area contributed by atoms with Gasteiger partial charge < -0.3 is 0 Å². The molecule has 0 N–H and O–H groups in total. The molecule has 3 heterocycles. The highest BCUT2D eigenvalue weighted by Gasteiger charge is 2.29. The highest BCUT2D eigenvalue weighted by molar-refractivity contribution is 7.26. The molecule has 0 atom stereocenters. The molecule has 4 heteroatoms. The summed E-state index contributed by atoms with van der Waals surface area (Å²) in [6.07, 6.45) is 0. The van der Waals surface area contributed by atoms with Gasteiger partial charge in [0.25, 0.3) is 0 Å². The van der Waals surface area contributed by atoms with Gasteiger partial charge in [0.15, 0.2) is 5.65 Å². The van der Waals surface area contributed by atoms with Crippen LogP contribution in [0.1, 0.15) is 33.4 Å². The highest BCUT2D eigenvalue weighted by Crippen LogP contribution is 2.41. The molecular formula is C49H39BN2S. The van der Waals surface area contributed by atoms with Crippen LogP contribution in [0.3, 0.4) is 0 Å². The average molecular weight is 699 g/mol. The Morgan fingerprint density at radius 3 is 1.81 bits per heavy atom. The normalized spacial score (nSPS) is 12.0. The molecular weight excluding hydrogens is 659 g/mol. The van der Waals surface area contributed by atoms with E-state index in [1.807, 2.05) is 11.3 Å². The number of imidazole rings is 1. The maximum atomic E-state index is 5.51. The lowest BCUT2D eigenvalue weighted by molar-refractivity contribution is 1.25. The number of hydrogen-bond donors (Lipinski definition) is 0. The van der Waals surface area contributed by atoms with Crippen LogP contribution < -0.4 is 16.4 Å². The lowest BCUT2D eigenvalue weighted by Gasteiger charge is -2.25. The van der Waals surface area contributed by atoms with E-state index in [4.69, 9.17) is 4.98 Å². The number of hydrogen-bond acceptors (Lipinski definition) is 2. The smallest absolute Gasteiger partial charge is 0.242 e. The maximum absolute atomic E-state index is 5.51. The second kappa shape index (κ2) is 11.9. The third-order valence-corrected chi connectivity index (χ3v) is 12.7. The summed E-state index contributed by atoms with van der Waals surface area (Å²) in [5.41, 5.74) is 17.7. The molecule has 7 aromatic carbocycles. The zero-order valence-corrected chi connectivity index (χ0v) is 31.8. The fraction of sp³-hybridized carbons (Fsp3) is 0.122. The van der Waals surface area contributed by atoms with Crippen molar-refractivity contribution in [2.45, 2.75) is 41.5 Å². The van der Waals surface area contributed by atoms with Gasteiger partial charge >= 0.3 is 0 Å². The molecule has 53 heavy (non-hydrogen) atoms. The molecule has 0 spiro atoms. The second-order valence-corrected chi connectivity index (χ2v) is 16.2. The van der Waals surface area contributed by atoms with Gasteiger partial charge in [0, 0.05) is 20.9 Å². The van der Waals surface area contributed by atoms with Gasteiger partial charge in [-0.3, -0.25) is 4.40 Å². The molecule has 0 aliphatic carbocycles. The number of nitrogens with zero attached hydrogens (tertiary/aromatic N) is 2. The average Bonchev–Trinajstić information content (AvgIpc) is 3.72. The standard InChI is InChI=1S/C49H39BN2S/c1-28-23-30(3)45(31(4)24-28)50(46-32(5)25-29(2)26-33(46)6)36-18-15-35(16-19-36)43-27-41-39-13-9-10-14-44(39)53-48(41)49-51-47-40-20-17-34-11-7-8-12-37(34)38(40)21-22-42(47)52(43)49/h7-27H,1-6H3. The highest BCUT2D eigenvalue weighted by atomic mass is 32.1. The lowest BCUT2D eigenvalue weighted by atomic mass is 9.34. The Labute approximate surface area is 314 Å². The van der Waals surface area contributed by atoms with Crippen LogP contribution in [0.25, 0.3) is 69.7 Å². The van der Waals surface area contributed by atoms with Crippen molar-refractivity contribution < 1.29 is 0 Å². The van der Waals surface area contributed by atoms with Gasteiger partial charge in [-0.25, -0.2) is 4.98 Å². The van der Waals surface area contributed by atoms with Crippen molar-refractivity contribution in [3.8, 4) is 11.3 Å². The van der Waals surface area contributed by atoms with E-state index < -0.39 is 0 Å². The summed E-state index contributed by atoms with van der Waals surface area (Å²) >= 11 is 1.84. The molecule has 10 aromatic rings. The summed E-state index contributed by atoms with van der Waals surface area (Å²) in [6.45, 7) is 13.7. The van der Waals surface area contributed by atoms with E-state index in [-0.39, 0.29) is 6.71 Å². The molecule has 0 saturated carbocycles. The van der Waals surface area contributed by atoms with Crippen molar-refractivity contribution in [3.63, 3.8) is 0 Å². The largest absolute Gasteiger partial charge is 0.291 e. The monoisotopic (exact) mass is 698 g/mol. The first-order valence-corrected chi connectivity index (χ1v) is 19.4. The maximum Gasteiger partial charge on any atom is 0.242 e. The minimum absolute atomic E-state index is 0.129. The summed E-state index contributed by atoms with van der Waals surface area (Å²) in [4.78, 5) is 5.51. The van der Waals surface area contributed by atoms with Crippen molar-refractivity contribution in [3.05, 3.63) is 161 Å². The zero-order chi connectivity index (χ0) is 36.1. The SMILES string of the molecule is Cc1cc(C)c(B(c2ccc(-c3cc4c5ccccc5sc4c4nc5c6ccc7ccccc7c6ccc5n34)cc2)c2c(C)cc(C)cc2C)c(C)c1. The van der Waals surface area contributed by atoms with E-state index in [1.165, 1.54) is 97.0 Å². The van der Waals surface area contributed by atoms with Crippen LogP contribution >= 0.6 is 11.3 Å². The predicted octanol–water partition coefficient (Wildman–Crippen LogP) is 11.2. The van der Waals surface area contributed by atoms with E-state index in [0.29, 0.717) is 0 Å². The minimum Gasteiger partial charge on any atom is -0.291 e. The van der Waals surface area contributed by atoms with Crippen molar-refractivity contribution in [2.24, 2.45) is 0 Å². The molecule has 0 fully saturated rings. The van der Waals surface area contributed by atoms with Gasteiger partial charge in [0.2, 0.25) is 6.71 Å². The van der Waals surface area contributed by atoms with Gasteiger partial charge in [-0.05, 0) is 81.5 Å². The summed E-state index contributed by atoms with van der Waals surface area (Å²) in [7, 11) is 0. The van der Waals surface area contributed by atoms with Crippen molar-refractivity contribution in [1.82, 2.24) is 9.38 Å². The first kappa shape index (κ1) is 32.0. The Morgan fingerprint density at radius 2 is 1.13 bits per heavy atom. The summed E-state index contributed by atoms with van der Waals surface area (Å²) in [6, 6.07) is 47.7. The van der Waals surface area contributed by atoms with Gasteiger partial charge in [0.1, 0.15) is 0 Å². The fourth-order valence-corrected chi connectivity index (χ4v) is 10.6. The lowest BCUT2D eigenvalue weighted by Crippen LogP contribution is -2.55. The van der Waals surface area contributed by atoms with Crippen LogP contribution in [0.15, 0.2) is 127 Å². The summed E-state index contributed by atoms with van der Waals surface area (Å²) in [5, 5.41) is 7.49. The third-order valence-electron chi connectivity index (χ3n) is 11.5. The summed E-state index contributed by atoms with van der Waals surface area (Å²) in [5.74, 6) is 0. The Morgan fingerprint density at radius 1 is 0.528 bits per heavy atom. The molecule has 0 amide bonds. The van der Waals surface area contributed by atoms with Crippen LogP contribution in [0.5, 0.6) is 0 Å². The molecule has 0 radical (unpaired) electrons. The fourth-order valence-electron chi connectivity index (χ4n) is 9.43. The molecule has 0 bridgehead atoms. The molecule has 254 valence electrons. The molecule has 0 aliphatic rings. The Bertz CT molecular complexity index is 3020. The van der Waals surface area contributed by atoms with Crippen molar-refractivity contribution in [2.75, 3.05) is 0 Å². The molecule has 0 saturated heterocycles. The van der Waals surface area contributed by atoms with Crippen LogP contribution in [0, 0.1) is 41.5 Å². The Hall–Kier alpha value is -5.71. The number of fused-ring (bicyclic) bond motifs is 11. The number of thiophene rings is 1. The van der Waals surface area contributed by atoms with Crippen LogP contribution in [0.2, 0.25) is 0 Å². The topological polar surface area (TPSA) is 17.3 Å². The first-order valence-electron chi connectivity index (χ1n) is 18.6. The third kappa shape index (κ3) is 4.89. The first-order chi connectivity index (χ1) is 25.7. The number of pyridine rings is 1. The van der Waals surface area contributed by atoms with Crippen LogP contribution in [0.4, 0.5) is 0 Å². The number of benzene rings is 7. The molecule has 10 rings (SSSR count). The molecule has 0 unspecified atom stereocenters. The zero-order valence-electron chi connectivity index (χ0n) is 31.0. The van der Waals surface area contributed by atoms with E-state index in [0.717, 1.165) is 22.4 Å². The molecule has 3 aromatic heterocycles. The molecule has 2 nitrogen and oxygen atoms in total. The van der Waals surface area contributed by atoms with E-state index in [1.54, 1.807) is 0 Å². The summed E-state index contributed by atoms with van der Waals surface area (Å²) < 4.78 is 4.93. The van der Waals surface area contributed by atoms with E-state index >= 15 is 0 Å². The number of rotatable bonds is 4. The number of aryl methyl sites for hydroxylation is 6. The predicted molar refractivity (Wildman–Crippen MR) is 232 cm³/mol. The quantitative estimate of drug-likeness (QED) is 0.132. The van der Waals surface area contributed by atoms with Gasteiger partial charge in [0.05, 0.1) is 21.4 Å². The Kier molecular flexibility index (Phi) is 7.19. The number of aromatic nitrogens is 2. The van der Waals surface area contributed by atoms with Crippen LogP contribution in [-0.4, -0.2) is 16.1 Å².